The maximum absolute atomic E-state index is 12.7. The molecule has 0 bridgehead atoms. The highest BCUT2D eigenvalue weighted by atomic mass is 16.5. The molecule has 1 aromatic rings. The van der Waals surface area contributed by atoms with Crippen molar-refractivity contribution in [1.82, 2.24) is 9.80 Å². The van der Waals surface area contributed by atoms with Gasteiger partial charge >= 0.3 is 0 Å². The molecule has 0 saturated heterocycles. The summed E-state index contributed by atoms with van der Waals surface area (Å²) in [5.74, 6) is 1.06. The third-order valence-electron chi connectivity index (χ3n) is 4.77. The summed E-state index contributed by atoms with van der Waals surface area (Å²) in [6.45, 7) is 2.33. The van der Waals surface area contributed by atoms with E-state index in [9.17, 15) is 9.59 Å². The van der Waals surface area contributed by atoms with Crippen LogP contribution >= 0.6 is 0 Å². The molecule has 1 aromatic carbocycles. The Morgan fingerprint density at radius 2 is 1.88 bits per heavy atom. The first kappa shape index (κ1) is 19.4. The summed E-state index contributed by atoms with van der Waals surface area (Å²) in [4.78, 5) is 27.8. The molecule has 138 valence electrons. The van der Waals surface area contributed by atoms with Gasteiger partial charge in [0, 0.05) is 19.6 Å². The first-order valence-corrected chi connectivity index (χ1v) is 9.19. The van der Waals surface area contributed by atoms with Crippen molar-refractivity contribution in [1.29, 1.82) is 0 Å². The van der Waals surface area contributed by atoms with Gasteiger partial charge in [-0.05, 0) is 45.0 Å². The fourth-order valence-corrected chi connectivity index (χ4v) is 3.26. The molecule has 1 amide bonds. The van der Waals surface area contributed by atoms with E-state index >= 15 is 0 Å². The van der Waals surface area contributed by atoms with Crippen LogP contribution in [0.5, 0.6) is 5.75 Å². The number of aldehydes is 1. The highest BCUT2D eigenvalue weighted by molar-refractivity contribution is 5.80. The van der Waals surface area contributed by atoms with Crippen molar-refractivity contribution >= 4 is 12.2 Å². The van der Waals surface area contributed by atoms with Crippen LogP contribution < -0.4 is 4.74 Å². The Hall–Kier alpha value is -1.88. The van der Waals surface area contributed by atoms with Crippen LogP contribution in [0.15, 0.2) is 24.3 Å². The maximum atomic E-state index is 12.7. The smallest absolute Gasteiger partial charge is 0.260 e. The maximum Gasteiger partial charge on any atom is 0.260 e. The van der Waals surface area contributed by atoms with Crippen LogP contribution in [0.4, 0.5) is 0 Å². The van der Waals surface area contributed by atoms with Crippen LogP contribution in [0.1, 0.15) is 42.5 Å². The number of rotatable bonds is 9. The summed E-state index contributed by atoms with van der Waals surface area (Å²) in [5, 5.41) is 0. The molecule has 1 saturated carbocycles. The first-order valence-electron chi connectivity index (χ1n) is 9.19. The van der Waals surface area contributed by atoms with Gasteiger partial charge in [0.15, 0.2) is 12.9 Å². The number of nitrogens with zero attached hydrogens (tertiary/aromatic N) is 2. The average molecular weight is 346 g/mol. The van der Waals surface area contributed by atoms with Gasteiger partial charge in [0.1, 0.15) is 5.75 Å². The van der Waals surface area contributed by atoms with E-state index in [-0.39, 0.29) is 12.5 Å². The van der Waals surface area contributed by atoms with Crippen LogP contribution in [0, 0.1) is 5.92 Å². The third kappa shape index (κ3) is 6.50. The SMILES string of the molecule is CN(C)CCN(CC1CCCCC1)C(=O)COc1ccccc1C=O. The van der Waals surface area contributed by atoms with Gasteiger partial charge in [0.05, 0.1) is 5.56 Å². The molecule has 0 aliphatic heterocycles. The van der Waals surface area contributed by atoms with E-state index < -0.39 is 0 Å². The van der Waals surface area contributed by atoms with E-state index in [1.165, 1.54) is 32.1 Å². The quantitative estimate of drug-likeness (QED) is 0.645. The van der Waals surface area contributed by atoms with Crippen LogP contribution in [-0.2, 0) is 4.79 Å². The van der Waals surface area contributed by atoms with Gasteiger partial charge in [-0.3, -0.25) is 9.59 Å². The van der Waals surface area contributed by atoms with Crippen molar-refractivity contribution in [3.8, 4) is 5.75 Å². The largest absolute Gasteiger partial charge is 0.483 e. The molecule has 5 heteroatoms. The minimum atomic E-state index is -0.0228. The minimum Gasteiger partial charge on any atom is -0.483 e. The molecule has 0 N–H and O–H groups in total. The zero-order valence-electron chi connectivity index (χ0n) is 15.4. The molecule has 0 aromatic heterocycles. The standard InChI is InChI=1S/C20H30N2O3/c1-21(2)12-13-22(14-17-8-4-3-5-9-17)20(24)16-25-19-11-7-6-10-18(19)15-23/h6-7,10-11,15,17H,3-5,8-9,12-14,16H2,1-2H3. The Bertz CT molecular complexity index is 554. The second-order valence-corrected chi connectivity index (χ2v) is 7.09. The Morgan fingerprint density at radius 1 is 1.16 bits per heavy atom. The molecular formula is C20H30N2O3. The van der Waals surface area contributed by atoms with Crippen molar-refractivity contribution in [2.24, 2.45) is 5.92 Å². The summed E-state index contributed by atoms with van der Waals surface area (Å²) in [7, 11) is 4.03. The molecule has 5 nitrogen and oxygen atoms in total. The predicted molar refractivity (Wildman–Crippen MR) is 99.0 cm³/mol. The van der Waals surface area contributed by atoms with E-state index in [4.69, 9.17) is 4.74 Å². The second kappa shape index (κ2) is 10.2. The number of hydrogen-bond donors (Lipinski definition) is 0. The zero-order chi connectivity index (χ0) is 18.1. The van der Waals surface area contributed by atoms with E-state index in [2.05, 4.69) is 4.90 Å². The van der Waals surface area contributed by atoms with Crippen molar-refractivity contribution in [2.75, 3.05) is 40.3 Å². The van der Waals surface area contributed by atoms with Crippen LogP contribution in [-0.4, -0.2) is 62.3 Å². The minimum absolute atomic E-state index is 0.00637. The second-order valence-electron chi connectivity index (χ2n) is 7.09. The molecule has 0 spiro atoms. The van der Waals surface area contributed by atoms with Gasteiger partial charge in [0.2, 0.25) is 0 Å². The summed E-state index contributed by atoms with van der Waals surface area (Å²) in [6, 6.07) is 7.00. The topological polar surface area (TPSA) is 49.9 Å². The van der Waals surface area contributed by atoms with Gasteiger partial charge in [-0.1, -0.05) is 31.4 Å². The molecule has 0 unspecified atom stereocenters. The lowest BCUT2D eigenvalue weighted by molar-refractivity contribution is -0.134. The molecule has 25 heavy (non-hydrogen) atoms. The number of para-hydroxylation sites is 1. The number of benzene rings is 1. The fourth-order valence-electron chi connectivity index (χ4n) is 3.26. The highest BCUT2D eigenvalue weighted by Gasteiger charge is 2.21. The Labute approximate surface area is 150 Å². The van der Waals surface area contributed by atoms with Crippen molar-refractivity contribution < 1.29 is 14.3 Å². The fraction of sp³-hybridized carbons (Fsp3) is 0.600. The van der Waals surface area contributed by atoms with Gasteiger partial charge in [-0.2, -0.15) is 0 Å². The molecule has 0 atom stereocenters. The highest BCUT2D eigenvalue weighted by Crippen LogP contribution is 2.24. The molecular weight excluding hydrogens is 316 g/mol. The Balaban J connectivity index is 1.94. The average Bonchev–Trinajstić information content (AvgIpc) is 2.64. The summed E-state index contributed by atoms with van der Waals surface area (Å²) >= 11 is 0. The number of hydrogen-bond acceptors (Lipinski definition) is 4. The third-order valence-corrected chi connectivity index (χ3v) is 4.77. The molecule has 0 radical (unpaired) electrons. The van der Waals surface area contributed by atoms with E-state index in [1.54, 1.807) is 24.3 Å². The van der Waals surface area contributed by atoms with Gasteiger partial charge < -0.3 is 14.5 Å². The Morgan fingerprint density at radius 3 is 2.56 bits per heavy atom. The summed E-state index contributed by atoms with van der Waals surface area (Å²) < 4.78 is 5.63. The van der Waals surface area contributed by atoms with E-state index in [0.29, 0.717) is 23.8 Å². The molecule has 1 aliphatic carbocycles. The van der Waals surface area contributed by atoms with Crippen LogP contribution in [0.2, 0.25) is 0 Å². The number of likely N-dealkylation sites (N-methyl/N-ethyl adjacent to an activating group) is 1. The van der Waals surface area contributed by atoms with Crippen molar-refractivity contribution in [2.45, 2.75) is 32.1 Å². The number of amides is 1. The van der Waals surface area contributed by atoms with Gasteiger partial charge in [0.25, 0.3) is 5.91 Å². The van der Waals surface area contributed by atoms with E-state index in [1.807, 2.05) is 19.0 Å². The summed E-state index contributed by atoms with van der Waals surface area (Å²) in [6.07, 6.45) is 7.02. The predicted octanol–water partition coefficient (Wildman–Crippen LogP) is 2.85. The lowest BCUT2D eigenvalue weighted by Crippen LogP contribution is -2.42. The van der Waals surface area contributed by atoms with Crippen molar-refractivity contribution in [3.05, 3.63) is 29.8 Å². The lowest BCUT2D eigenvalue weighted by atomic mass is 9.89. The normalized spacial score (nSPS) is 15.2. The van der Waals surface area contributed by atoms with Crippen LogP contribution in [0.25, 0.3) is 0 Å². The number of carbonyl (C=O) groups is 2. The molecule has 1 aliphatic rings. The lowest BCUT2D eigenvalue weighted by Gasteiger charge is -2.30. The number of carbonyl (C=O) groups excluding carboxylic acids is 2. The number of ether oxygens (including phenoxy) is 1. The molecule has 2 rings (SSSR count). The Kier molecular flexibility index (Phi) is 7.92. The van der Waals surface area contributed by atoms with Crippen molar-refractivity contribution in [3.63, 3.8) is 0 Å². The monoisotopic (exact) mass is 346 g/mol. The van der Waals surface area contributed by atoms with Gasteiger partial charge in [-0.15, -0.1) is 0 Å². The van der Waals surface area contributed by atoms with E-state index in [0.717, 1.165) is 19.4 Å². The van der Waals surface area contributed by atoms with Crippen LogP contribution in [0.3, 0.4) is 0 Å². The van der Waals surface area contributed by atoms with Gasteiger partial charge in [-0.25, -0.2) is 0 Å². The molecule has 1 fully saturated rings. The zero-order valence-corrected chi connectivity index (χ0v) is 15.4. The molecule has 0 heterocycles. The summed E-state index contributed by atoms with van der Waals surface area (Å²) in [5.41, 5.74) is 0.474. The first-order chi connectivity index (χ1) is 12.1.